The van der Waals surface area contributed by atoms with Gasteiger partial charge in [0.2, 0.25) is 17.0 Å². The van der Waals surface area contributed by atoms with Crippen molar-refractivity contribution in [3.63, 3.8) is 0 Å². The Labute approximate surface area is 200 Å². The molecule has 0 radical (unpaired) electrons. The van der Waals surface area contributed by atoms with Crippen molar-refractivity contribution in [3.05, 3.63) is 47.5 Å². The Bertz CT molecular complexity index is 1170. The molecule has 0 bridgehead atoms. The second-order valence-electron chi connectivity index (χ2n) is 7.99. The number of anilines is 1. The van der Waals surface area contributed by atoms with E-state index in [1.54, 1.807) is 9.58 Å². The number of nitrogens with two attached hydrogens (primary N) is 1. The van der Waals surface area contributed by atoms with Crippen LogP contribution < -0.4 is 11.2 Å². The van der Waals surface area contributed by atoms with Gasteiger partial charge in [0.25, 0.3) is 5.95 Å². The number of nitrogen functional groups attached to an aromatic ring is 1. The maximum Gasteiger partial charge on any atom is 0.271 e. The molecule has 0 atom stereocenters. The minimum absolute atomic E-state index is 0.0314. The van der Waals surface area contributed by atoms with Crippen LogP contribution in [0.4, 0.5) is 10.1 Å². The van der Waals surface area contributed by atoms with Gasteiger partial charge in [0.15, 0.2) is 0 Å². The summed E-state index contributed by atoms with van der Waals surface area (Å²) >= 11 is 1.22. The average molecular weight is 488 g/mol. The van der Waals surface area contributed by atoms with Crippen LogP contribution in [-0.2, 0) is 9.59 Å². The summed E-state index contributed by atoms with van der Waals surface area (Å²) in [4.78, 5) is 28.7. The Hall–Kier alpha value is -3.45. The predicted octanol–water partition coefficient (Wildman–Crippen LogP) is 0.809. The summed E-state index contributed by atoms with van der Waals surface area (Å²) < 4.78 is 15.9. The van der Waals surface area contributed by atoms with Crippen LogP contribution in [0.5, 0.6) is 0 Å². The molecule has 1 fully saturated rings. The fourth-order valence-electron chi connectivity index (χ4n) is 3.65. The first-order valence-electron chi connectivity index (χ1n) is 10.7. The molecule has 34 heavy (non-hydrogen) atoms. The molecule has 11 nitrogen and oxygen atoms in total. The summed E-state index contributed by atoms with van der Waals surface area (Å²) in [5, 5.41) is 15.7. The van der Waals surface area contributed by atoms with Gasteiger partial charge >= 0.3 is 0 Å². The summed E-state index contributed by atoms with van der Waals surface area (Å²) in [6, 6.07) is 7.54. The molecule has 13 heteroatoms. The number of hydrogen-bond donors (Lipinski definition) is 2. The van der Waals surface area contributed by atoms with Crippen LogP contribution in [0.15, 0.2) is 35.5 Å². The lowest BCUT2D eigenvalue weighted by atomic mass is 10.3. The lowest BCUT2D eigenvalue weighted by Gasteiger charge is -2.34. The maximum absolute atomic E-state index is 13.0. The second-order valence-corrected chi connectivity index (χ2v) is 8.93. The Morgan fingerprint density at radius 2 is 1.82 bits per heavy atom. The maximum atomic E-state index is 13.0. The quantitative estimate of drug-likeness (QED) is 0.370. The van der Waals surface area contributed by atoms with E-state index >= 15 is 0 Å². The average Bonchev–Trinajstić information content (AvgIpc) is 3.34. The highest BCUT2D eigenvalue weighted by Gasteiger charge is 2.23. The first-order chi connectivity index (χ1) is 16.3. The van der Waals surface area contributed by atoms with E-state index in [0.717, 1.165) is 11.4 Å². The minimum Gasteiger partial charge on any atom is -0.339 e. The number of piperazine rings is 1. The molecular formula is C21H26FN9O2S. The number of rotatable bonds is 7. The van der Waals surface area contributed by atoms with E-state index in [9.17, 15) is 14.0 Å². The minimum atomic E-state index is -0.354. The number of aromatic nitrogens is 5. The Morgan fingerprint density at radius 3 is 2.47 bits per heavy atom. The molecule has 0 aliphatic carbocycles. The number of aryl methyl sites for hydroxylation is 2. The number of halogens is 1. The van der Waals surface area contributed by atoms with E-state index in [4.69, 9.17) is 5.84 Å². The zero-order chi connectivity index (χ0) is 24.2. The van der Waals surface area contributed by atoms with Crippen LogP contribution in [0.2, 0.25) is 0 Å². The van der Waals surface area contributed by atoms with Gasteiger partial charge in [-0.2, -0.15) is 5.10 Å². The lowest BCUT2D eigenvalue weighted by molar-refractivity contribution is -0.130. The molecule has 180 valence electrons. The van der Waals surface area contributed by atoms with Crippen LogP contribution in [0.1, 0.15) is 11.4 Å². The predicted molar refractivity (Wildman–Crippen MR) is 126 cm³/mol. The molecule has 2 amide bonds. The fourth-order valence-corrected chi connectivity index (χ4v) is 4.41. The molecule has 0 spiro atoms. The third-order valence-electron chi connectivity index (χ3n) is 5.39. The molecule has 0 unspecified atom stereocenters. The topological polar surface area (TPSA) is 127 Å². The molecular weight excluding hydrogens is 461 g/mol. The summed E-state index contributed by atoms with van der Waals surface area (Å²) in [7, 11) is 0. The van der Waals surface area contributed by atoms with Gasteiger partial charge in [-0.3, -0.25) is 14.5 Å². The molecule has 1 aliphatic rings. The highest BCUT2D eigenvalue weighted by Crippen LogP contribution is 2.18. The third kappa shape index (κ3) is 5.54. The van der Waals surface area contributed by atoms with Crippen LogP contribution >= 0.6 is 11.8 Å². The number of benzene rings is 1. The Morgan fingerprint density at radius 1 is 1.12 bits per heavy atom. The van der Waals surface area contributed by atoms with Crippen LogP contribution in [-0.4, -0.2) is 84.7 Å². The van der Waals surface area contributed by atoms with Crippen molar-refractivity contribution in [1.82, 2.24) is 34.5 Å². The first-order valence-corrected chi connectivity index (χ1v) is 11.7. The summed E-state index contributed by atoms with van der Waals surface area (Å²) in [5.41, 5.74) is 2.27. The lowest BCUT2D eigenvalue weighted by Crippen LogP contribution is -2.50. The highest BCUT2D eigenvalue weighted by molar-refractivity contribution is 7.99. The van der Waals surface area contributed by atoms with Gasteiger partial charge < -0.3 is 16.1 Å². The van der Waals surface area contributed by atoms with Gasteiger partial charge in [-0.05, 0) is 44.2 Å². The molecule has 0 saturated carbocycles. The van der Waals surface area contributed by atoms with Gasteiger partial charge in [-0.25, -0.2) is 13.7 Å². The highest BCUT2D eigenvalue weighted by atomic mass is 32.2. The van der Waals surface area contributed by atoms with E-state index in [0.29, 0.717) is 43.0 Å². The van der Waals surface area contributed by atoms with Crippen LogP contribution in [0.25, 0.3) is 5.95 Å². The standard InChI is InChI=1S/C21H26FN9O2S/c1-14-11-15(2)31(27-14)20-25-26-21(30(20)23)34-13-19(33)29-9-7-28(8-10-29)12-18(32)24-17-5-3-16(22)4-6-17/h3-6,11H,7-10,12-13,23H2,1-2H3,(H,24,32). The van der Waals surface area contributed by atoms with Crippen LogP contribution in [0, 0.1) is 19.7 Å². The number of thioether (sulfide) groups is 1. The van der Waals surface area contributed by atoms with Gasteiger partial charge in [-0.15, -0.1) is 10.2 Å². The summed E-state index contributed by atoms with van der Waals surface area (Å²) in [6.07, 6.45) is 0. The summed E-state index contributed by atoms with van der Waals surface area (Å²) in [5.74, 6) is 6.12. The van der Waals surface area contributed by atoms with Crippen LogP contribution in [0.3, 0.4) is 0 Å². The third-order valence-corrected chi connectivity index (χ3v) is 6.32. The number of hydrogen-bond acceptors (Lipinski definition) is 8. The molecule has 1 aromatic carbocycles. The second kappa shape index (κ2) is 10.2. The summed E-state index contributed by atoms with van der Waals surface area (Å²) in [6.45, 7) is 6.21. The normalized spacial score (nSPS) is 14.4. The van der Waals surface area contributed by atoms with Crippen molar-refractivity contribution >= 4 is 29.3 Å². The van der Waals surface area contributed by atoms with E-state index in [1.165, 1.54) is 40.7 Å². The van der Waals surface area contributed by atoms with E-state index in [2.05, 4.69) is 20.6 Å². The monoisotopic (exact) mass is 487 g/mol. The SMILES string of the molecule is Cc1cc(C)n(-c2nnc(SCC(=O)N3CCN(CC(=O)Nc4ccc(F)cc4)CC3)n2N)n1. The molecule has 1 saturated heterocycles. The van der Waals surface area contributed by atoms with Gasteiger partial charge in [0.05, 0.1) is 18.0 Å². The largest absolute Gasteiger partial charge is 0.339 e. The Kier molecular flexibility index (Phi) is 7.12. The van der Waals surface area contributed by atoms with E-state index < -0.39 is 0 Å². The van der Waals surface area contributed by atoms with Gasteiger partial charge in [-0.1, -0.05) is 11.8 Å². The molecule has 2 aromatic heterocycles. The molecule has 3 heterocycles. The molecule has 3 N–H and O–H groups in total. The number of nitrogens with one attached hydrogen (secondary N) is 1. The van der Waals surface area contributed by atoms with Gasteiger partial charge in [0, 0.05) is 37.6 Å². The smallest absolute Gasteiger partial charge is 0.271 e. The van der Waals surface area contributed by atoms with Crippen molar-refractivity contribution in [1.29, 1.82) is 0 Å². The van der Waals surface area contributed by atoms with Crippen molar-refractivity contribution in [2.24, 2.45) is 0 Å². The van der Waals surface area contributed by atoms with Crippen molar-refractivity contribution in [2.75, 3.05) is 49.6 Å². The Balaban J connectivity index is 1.23. The number of carbonyl (C=O) groups is 2. The van der Waals surface area contributed by atoms with Crippen molar-refractivity contribution in [3.8, 4) is 5.95 Å². The molecule has 3 aromatic rings. The number of amides is 2. The molecule has 1 aliphatic heterocycles. The van der Waals surface area contributed by atoms with E-state index in [1.807, 2.05) is 24.8 Å². The van der Waals surface area contributed by atoms with E-state index in [-0.39, 0.29) is 29.9 Å². The van der Waals surface area contributed by atoms with Crippen molar-refractivity contribution < 1.29 is 14.0 Å². The first kappa shape index (κ1) is 23.7. The molecule has 4 rings (SSSR count). The zero-order valence-electron chi connectivity index (χ0n) is 18.9. The number of nitrogens with zero attached hydrogens (tertiary/aromatic N) is 7. The fraction of sp³-hybridized carbons (Fsp3) is 0.381. The number of carbonyl (C=O) groups excluding carboxylic acids is 2. The van der Waals surface area contributed by atoms with Gasteiger partial charge in [0.1, 0.15) is 5.82 Å². The van der Waals surface area contributed by atoms with Crippen molar-refractivity contribution in [2.45, 2.75) is 19.0 Å². The zero-order valence-corrected chi connectivity index (χ0v) is 19.8.